The van der Waals surface area contributed by atoms with E-state index in [-0.39, 0.29) is 29.6 Å². The van der Waals surface area contributed by atoms with Gasteiger partial charge in [-0.05, 0) is 61.4 Å². The van der Waals surface area contributed by atoms with Crippen molar-refractivity contribution < 1.29 is 28.2 Å². The van der Waals surface area contributed by atoms with Crippen molar-refractivity contribution in [3.05, 3.63) is 128 Å². The number of benzene rings is 4. The maximum Gasteiger partial charge on any atom is 0.379 e. The molecule has 1 atom stereocenters. The lowest BCUT2D eigenvalue weighted by Gasteiger charge is -2.27. The van der Waals surface area contributed by atoms with E-state index in [1.807, 2.05) is 31.2 Å². The molecule has 45 heavy (non-hydrogen) atoms. The van der Waals surface area contributed by atoms with Gasteiger partial charge >= 0.3 is 5.97 Å². The van der Waals surface area contributed by atoms with Crippen molar-refractivity contribution in [2.24, 2.45) is 5.73 Å². The van der Waals surface area contributed by atoms with Crippen LogP contribution in [0.5, 0.6) is 23.0 Å². The molecule has 0 fully saturated rings. The normalized spacial score (nSPS) is 14.0. The van der Waals surface area contributed by atoms with Crippen LogP contribution in [0, 0.1) is 25.2 Å². The lowest BCUT2D eigenvalue weighted by Crippen LogP contribution is -2.21. The Balaban J connectivity index is 1.29. The van der Waals surface area contributed by atoms with Gasteiger partial charge in [0.25, 0.3) is 0 Å². The van der Waals surface area contributed by atoms with E-state index < -0.39 is 11.9 Å². The first-order valence-electron chi connectivity index (χ1n) is 13.9. The van der Waals surface area contributed by atoms with Crippen LogP contribution in [0.2, 0.25) is 10.0 Å². The highest BCUT2D eigenvalue weighted by atomic mass is 35.5. The molecule has 0 amide bonds. The van der Waals surface area contributed by atoms with E-state index in [1.54, 1.807) is 55.5 Å². The summed E-state index contributed by atoms with van der Waals surface area (Å²) in [4.78, 5) is 13.2. The van der Waals surface area contributed by atoms with E-state index in [1.165, 1.54) is 7.11 Å². The van der Waals surface area contributed by atoms with Gasteiger partial charge in [-0.2, -0.15) is 5.26 Å². The second-order valence-corrected chi connectivity index (χ2v) is 11.3. The average Bonchev–Trinajstić information content (AvgIpc) is 3.34. The van der Waals surface area contributed by atoms with Gasteiger partial charge in [-0.15, -0.1) is 0 Å². The minimum Gasteiger partial charge on any atom is -0.493 e. The summed E-state index contributed by atoms with van der Waals surface area (Å²) in [6, 6.07) is 23.5. The van der Waals surface area contributed by atoms with Gasteiger partial charge in [0.15, 0.2) is 11.5 Å². The quantitative estimate of drug-likeness (QED) is 0.139. The van der Waals surface area contributed by atoms with Crippen LogP contribution in [0.3, 0.4) is 0 Å². The van der Waals surface area contributed by atoms with Crippen molar-refractivity contribution in [3.8, 4) is 29.1 Å². The maximum absolute atomic E-state index is 13.2. The highest BCUT2D eigenvalue weighted by Crippen LogP contribution is 2.45. The smallest absolute Gasteiger partial charge is 0.379 e. The van der Waals surface area contributed by atoms with E-state index in [4.69, 9.17) is 52.3 Å². The minimum atomic E-state index is -0.678. The van der Waals surface area contributed by atoms with Crippen LogP contribution in [0.25, 0.3) is 11.0 Å². The Morgan fingerprint density at radius 1 is 1.00 bits per heavy atom. The molecule has 0 aliphatic carbocycles. The van der Waals surface area contributed by atoms with Crippen LogP contribution < -0.4 is 24.7 Å². The van der Waals surface area contributed by atoms with Crippen molar-refractivity contribution in [2.45, 2.75) is 26.4 Å². The Morgan fingerprint density at radius 3 is 2.56 bits per heavy atom. The number of halogens is 2. The number of ether oxygens (including phenoxy) is 4. The molecule has 2 N–H and O–H groups in total. The zero-order chi connectivity index (χ0) is 31.8. The first-order chi connectivity index (χ1) is 21.7. The number of nitrogens with two attached hydrogens (primary N) is 1. The molecule has 1 aromatic heterocycles. The van der Waals surface area contributed by atoms with E-state index in [0.29, 0.717) is 44.0 Å². The lowest BCUT2D eigenvalue weighted by molar-refractivity contribution is 0.0702. The first kappa shape index (κ1) is 29.9. The van der Waals surface area contributed by atoms with Crippen molar-refractivity contribution >= 4 is 40.1 Å². The number of hydrogen-bond donors (Lipinski definition) is 1. The number of furan rings is 1. The molecule has 0 saturated heterocycles. The molecule has 8 nitrogen and oxygen atoms in total. The Morgan fingerprint density at radius 2 is 1.80 bits per heavy atom. The third-order valence-corrected chi connectivity index (χ3v) is 8.44. The summed E-state index contributed by atoms with van der Waals surface area (Å²) in [6.45, 7) is 3.87. The van der Waals surface area contributed by atoms with Gasteiger partial charge in [0.1, 0.15) is 35.3 Å². The van der Waals surface area contributed by atoms with Crippen LogP contribution >= 0.6 is 23.2 Å². The summed E-state index contributed by atoms with van der Waals surface area (Å²) in [5.41, 5.74) is 10.6. The highest BCUT2D eigenvalue weighted by Gasteiger charge is 2.32. The largest absolute Gasteiger partial charge is 0.493 e. The number of nitriles is 1. The van der Waals surface area contributed by atoms with Gasteiger partial charge in [0.2, 0.25) is 11.6 Å². The monoisotopic (exact) mass is 640 g/mol. The average molecular weight is 642 g/mol. The Bertz CT molecular complexity index is 2060. The molecule has 1 aliphatic rings. The molecule has 0 saturated carbocycles. The number of hydrogen-bond acceptors (Lipinski definition) is 8. The number of esters is 1. The van der Waals surface area contributed by atoms with Gasteiger partial charge in [-0.1, -0.05) is 53.5 Å². The molecular formula is C35H26Cl2N2O6. The van der Waals surface area contributed by atoms with E-state index in [0.717, 1.165) is 22.1 Å². The van der Waals surface area contributed by atoms with Gasteiger partial charge in [0.05, 0.1) is 13.0 Å². The van der Waals surface area contributed by atoms with Gasteiger partial charge in [-0.25, -0.2) is 4.79 Å². The molecule has 0 bridgehead atoms. The molecule has 1 unspecified atom stereocenters. The van der Waals surface area contributed by atoms with Crippen molar-refractivity contribution in [2.75, 3.05) is 7.11 Å². The Kier molecular flexibility index (Phi) is 8.07. The molecule has 5 aromatic rings. The summed E-state index contributed by atoms with van der Waals surface area (Å²) in [5, 5.41) is 11.9. The number of allylic oxidation sites excluding steroid dienone is 1. The number of fused-ring (bicyclic) bond motifs is 2. The van der Waals surface area contributed by atoms with E-state index >= 15 is 0 Å². The predicted octanol–water partition coefficient (Wildman–Crippen LogP) is 8.38. The van der Waals surface area contributed by atoms with Crippen molar-refractivity contribution in [3.63, 3.8) is 0 Å². The van der Waals surface area contributed by atoms with Crippen LogP contribution in [0.4, 0.5) is 0 Å². The SMILES string of the molecule is COc1cc(C2C(C#N)=C(N)Oc3cc(OC(=O)c4oc5cc(C)c(Cl)cc5c4C)ccc32)ccc1OCc1ccccc1Cl. The number of rotatable bonds is 7. The number of methoxy groups -OCH3 is 1. The lowest BCUT2D eigenvalue weighted by atomic mass is 9.83. The summed E-state index contributed by atoms with van der Waals surface area (Å²) in [5.74, 6) is 0.263. The topological polar surface area (TPSA) is 117 Å². The Labute approximate surface area is 269 Å². The number of aryl methyl sites for hydroxylation is 2. The zero-order valence-corrected chi connectivity index (χ0v) is 26.0. The minimum absolute atomic E-state index is 0.0585. The standard InChI is InChI=1S/C35H26Cl2N2O6/c1-18-12-29-24(15-27(18)37)19(2)33(44-29)35(40)43-22-9-10-23-30(14-22)45-34(39)25(16-38)32(23)20-8-11-28(31(13-20)41-3)42-17-21-6-4-5-7-26(21)36/h4-15,32H,17,39H2,1-3H3. The molecule has 6 rings (SSSR count). The fraction of sp³-hybridized carbons (Fsp3) is 0.143. The zero-order valence-electron chi connectivity index (χ0n) is 24.4. The van der Waals surface area contributed by atoms with Gasteiger partial charge < -0.3 is 29.1 Å². The summed E-state index contributed by atoms with van der Waals surface area (Å²) >= 11 is 12.6. The maximum atomic E-state index is 13.2. The van der Waals surface area contributed by atoms with Crippen LogP contribution in [-0.4, -0.2) is 13.1 Å². The van der Waals surface area contributed by atoms with Crippen LogP contribution in [-0.2, 0) is 6.61 Å². The Hall–Kier alpha value is -5.10. The van der Waals surface area contributed by atoms with Crippen molar-refractivity contribution in [1.29, 1.82) is 5.26 Å². The number of nitrogens with zero attached hydrogens (tertiary/aromatic N) is 1. The third kappa shape index (κ3) is 5.64. The molecule has 226 valence electrons. The molecule has 0 spiro atoms. The van der Waals surface area contributed by atoms with Crippen LogP contribution in [0.15, 0.2) is 88.7 Å². The molecule has 0 radical (unpaired) electrons. The number of carbonyl (C=O) groups is 1. The van der Waals surface area contributed by atoms with Gasteiger partial charge in [0, 0.05) is 38.2 Å². The molecule has 1 aliphatic heterocycles. The predicted molar refractivity (Wildman–Crippen MR) is 170 cm³/mol. The summed E-state index contributed by atoms with van der Waals surface area (Å²) < 4.78 is 29.0. The number of carbonyl (C=O) groups excluding carboxylic acids is 1. The fourth-order valence-electron chi connectivity index (χ4n) is 5.29. The third-order valence-electron chi connectivity index (χ3n) is 7.67. The molecule has 4 aromatic carbocycles. The summed E-state index contributed by atoms with van der Waals surface area (Å²) in [6.07, 6.45) is 0. The first-order valence-corrected chi connectivity index (χ1v) is 14.6. The van der Waals surface area contributed by atoms with Crippen molar-refractivity contribution in [1.82, 2.24) is 0 Å². The van der Waals surface area contributed by atoms with E-state index in [9.17, 15) is 10.1 Å². The van der Waals surface area contributed by atoms with E-state index in [2.05, 4.69) is 6.07 Å². The second-order valence-electron chi connectivity index (χ2n) is 10.5. The molecule has 2 heterocycles. The van der Waals surface area contributed by atoms with Crippen LogP contribution in [0.1, 0.15) is 44.3 Å². The van der Waals surface area contributed by atoms with Gasteiger partial charge in [-0.3, -0.25) is 0 Å². The highest BCUT2D eigenvalue weighted by molar-refractivity contribution is 6.32. The summed E-state index contributed by atoms with van der Waals surface area (Å²) in [7, 11) is 1.54. The fourth-order valence-corrected chi connectivity index (χ4v) is 5.64. The molecular weight excluding hydrogens is 615 g/mol. The second kappa shape index (κ2) is 12.1. The molecule has 10 heteroatoms.